The van der Waals surface area contributed by atoms with Gasteiger partial charge in [0, 0.05) is 0 Å². The van der Waals surface area contributed by atoms with Crippen LogP contribution in [0.2, 0.25) is 0 Å². The molecule has 6 heteroatoms. The van der Waals surface area contributed by atoms with Crippen molar-refractivity contribution in [1.82, 2.24) is 0 Å². The molecule has 2 aliphatic carbocycles. The van der Waals surface area contributed by atoms with E-state index in [1.807, 2.05) is 0 Å². The molecule has 0 nitrogen and oxygen atoms in total. The summed E-state index contributed by atoms with van der Waals surface area (Å²) in [6.45, 7) is 0. The second-order valence-electron chi connectivity index (χ2n) is 5.10. The zero-order valence-corrected chi connectivity index (χ0v) is 14.2. The van der Waals surface area contributed by atoms with Crippen molar-refractivity contribution in [2.45, 2.75) is 51.4 Å². The fourth-order valence-electron chi connectivity index (χ4n) is 2.07. The molecule has 0 fully saturated rings. The van der Waals surface area contributed by atoms with Crippen LogP contribution in [-0.4, -0.2) is 7.25 Å². The molecule has 0 atom stereocenters. The van der Waals surface area contributed by atoms with E-state index in [2.05, 4.69) is 36.5 Å². The summed E-state index contributed by atoms with van der Waals surface area (Å²) in [5.74, 6) is 0. The monoisotopic (exact) mass is 404 g/mol. The first-order valence-electron chi connectivity index (χ1n) is 7.64. The molecule has 0 aromatic rings. The smallest absolute Gasteiger partial charge is 0.418 e. The molecule has 0 aliphatic heterocycles. The number of hydrogen-bond donors (Lipinski definition) is 0. The van der Waals surface area contributed by atoms with Crippen molar-refractivity contribution >= 4 is 7.25 Å². The van der Waals surface area contributed by atoms with Crippen LogP contribution in [-0.2, 0) is 17.1 Å². The summed E-state index contributed by atoms with van der Waals surface area (Å²) in [5, 5.41) is 0. The molecular weight excluding hydrogens is 382 g/mol. The summed E-state index contributed by atoms with van der Waals surface area (Å²) < 4.78 is 42.4. The second kappa shape index (κ2) is 11.0. The van der Waals surface area contributed by atoms with Gasteiger partial charge in [-0.05, 0) is 0 Å². The van der Waals surface area contributed by atoms with Gasteiger partial charge in [0.15, 0.2) is 0 Å². The normalized spacial score (nSPS) is 19.8. The van der Waals surface area contributed by atoms with E-state index in [1.54, 1.807) is 8.33 Å². The van der Waals surface area contributed by atoms with Crippen LogP contribution in [0.15, 0.2) is 44.8 Å². The molecule has 0 N–H and O–H groups in total. The van der Waals surface area contributed by atoms with E-state index < -0.39 is 7.25 Å². The van der Waals surface area contributed by atoms with Crippen LogP contribution in [0, 0.1) is 0 Å². The molecule has 0 aromatic heterocycles. The van der Waals surface area contributed by atoms with Crippen molar-refractivity contribution in [3.8, 4) is 0 Å². The van der Waals surface area contributed by atoms with E-state index in [0.29, 0.717) is 17.1 Å². The summed E-state index contributed by atoms with van der Waals surface area (Å²) >= 11 is 0.528. The third-order valence-electron chi connectivity index (χ3n) is 3.08. The Morgan fingerprint density at radius 3 is 1.55 bits per heavy atom. The largest absolute Gasteiger partial charge is 0.673 e. The van der Waals surface area contributed by atoms with Gasteiger partial charge >= 0.3 is 121 Å². The maximum Gasteiger partial charge on any atom is 0.673 e. The van der Waals surface area contributed by atoms with Crippen LogP contribution in [0.1, 0.15) is 51.4 Å². The standard InChI is InChI=1S/2C8H11.BF4.Rh/c2*1-2-4-6-8-7-5-3-1;2-1(3,4)5;/h2*1-3H,4,6-8H2;;/q;;-1;. The summed E-state index contributed by atoms with van der Waals surface area (Å²) in [6, 6.07) is 0. The van der Waals surface area contributed by atoms with Crippen LogP contribution in [0.3, 0.4) is 0 Å². The van der Waals surface area contributed by atoms with Crippen LogP contribution in [0.25, 0.3) is 0 Å². The molecular formula is C16H22BF4Rh-. The SMILES string of the molecule is C1=CCCCC[C]([Rh][C]2=CC=CCCCC2)=C1.F[B-](F)(F)F. The van der Waals surface area contributed by atoms with E-state index in [9.17, 15) is 17.3 Å². The first-order chi connectivity index (χ1) is 10.4. The van der Waals surface area contributed by atoms with E-state index >= 15 is 0 Å². The Morgan fingerprint density at radius 2 is 1.14 bits per heavy atom. The fraction of sp³-hybridized carbons (Fsp3) is 0.500. The third-order valence-corrected chi connectivity index (χ3v) is 5.49. The van der Waals surface area contributed by atoms with E-state index in [4.69, 9.17) is 0 Å². The molecule has 0 heterocycles. The molecule has 127 valence electrons. The summed E-state index contributed by atoms with van der Waals surface area (Å²) in [5.41, 5.74) is 0. The molecule has 0 saturated heterocycles. The number of hydrogen-bond acceptors (Lipinski definition) is 0. The van der Waals surface area contributed by atoms with Gasteiger partial charge in [-0.2, -0.15) is 0 Å². The molecule has 0 spiro atoms. The van der Waals surface area contributed by atoms with Crippen molar-refractivity contribution in [3.05, 3.63) is 44.8 Å². The first-order valence-corrected chi connectivity index (χ1v) is 9.28. The van der Waals surface area contributed by atoms with Gasteiger partial charge in [-0.1, -0.05) is 0 Å². The van der Waals surface area contributed by atoms with Gasteiger partial charge in [0.25, 0.3) is 0 Å². The van der Waals surface area contributed by atoms with Crippen LogP contribution in [0.5, 0.6) is 0 Å². The number of halogens is 4. The maximum absolute atomic E-state index is 9.75. The molecule has 0 radical (unpaired) electrons. The minimum Gasteiger partial charge on any atom is -0.418 e. The van der Waals surface area contributed by atoms with Crippen LogP contribution < -0.4 is 0 Å². The van der Waals surface area contributed by atoms with Gasteiger partial charge in [0.2, 0.25) is 0 Å². The molecule has 0 saturated carbocycles. The van der Waals surface area contributed by atoms with Crippen molar-refractivity contribution in [2.24, 2.45) is 0 Å². The topological polar surface area (TPSA) is 0 Å². The Bertz CT molecular complexity index is 396. The Morgan fingerprint density at radius 1 is 0.727 bits per heavy atom. The minimum absolute atomic E-state index is 0.528. The summed E-state index contributed by atoms with van der Waals surface area (Å²) in [4.78, 5) is 0. The van der Waals surface area contributed by atoms with Gasteiger partial charge < -0.3 is 17.3 Å². The molecule has 0 aromatic carbocycles. The van der Waals surface area contributed by atoms with E-state index in [0.717, 1.165) is 0 Å². The molecule has 2 aliphatic rings. The minimum atomic E-state index is -6.00. The van der Waals surface area contributed by atoms with E-state index in [1.165, 1.54) is 51.4 Å². The van der Waals surface area contributed by atoms with Gasteiger partial charge in [0.1, 0.15) is 0 Å². The zero-order chi connectivity index (χ0) is 16.3. The molecule has 0 bridgehead atoms. The Balaban J connectivity index is 0.000000422. The van der Waals surface area contributed by atoms with E-state index in [-0.39, 0.29) is 0 Å². The molecule has 22 heavy (non-hydrogen) atoms. The maximum atomic E-state index is 9.75. The zero-order valence-electron chi connectivity index (χ0n) is 12.5. The predicted octanol–water partition coefficient (Wildman–Crippen LogP) is 6.40. The van der Waals surface area contributed by atoms with Gasteiger partial charge in [-0.25, -0.2) is 0 Å². The van der Waals surface area contributed by atoms with Crippen molar-refractivity contribution < 1.29 is 34.4 Å². The molecule has 2 rings (SSSR count). The van der Waals surface area contributed by atoms with Crippen molar-refractivity contribution in [2.75, 3.05) is 0 Å². The van der Waals surface area contributed by atoms with Gasteiger partial charge in [0.05, 0.1) is 0 Å². The van der Waals surface area contributed by atoms with Crippen molar-refractivity contribution in [1.29, 1.82) is 0 Å². The second-order valence-corrected chi connectivity index (χ2v) is 7.61. The summed E-state index contributed by atoms with van der Waals surface area (Å²) in [7, 11) is -6.00. The Kier molecular flexibility index (Phi) is 9.70. The number of allylic oxidation sites excluding steroid dienone is 8. The summed E-state index contributed by atoms with van der Waals surface area (Å²) in [6.07, 6.45) is 24.6. The van der Waals surface area contributed by atoms with Gasteiger partial charge in [-0.15, -0.1) is 0 Å². The quantitative estimate of drug-likeness (QED) is 0.369. The first kappa shape index (κ1) is 19.4. The van der Waals surface area contributed by atoms with Crippen molar-refractivity contribution in [3.63, 3.8) is 0 Å². The average molecular weight is 404 g/mol. The van der Waals surface area contributed by atoms with Crippen LogP contribution >= 0.6 is 0 Å². The predicted molar refractivity (Wildman–Crippen MR) is 81.6 cm³/mol. The average Bonchev–Trinajstić information content (AvgIpc) is 2.32. The van der Waals surface area contributed by atoms with Crippen LogP contribution in [0.4, 0.5) is 17.3 Å². The van der Waals surface area contributed by atoms with Gasteiger partial charge in [-0.3, -0.25) is 0 Å². The Hall–Kier alpha value is -0.632. The molecule has 0 unspecified atom stereocenters. The fourth-order valence-corrected chi connectivity index (χ4v) is 4.32. The molecule has 0 amide bonds. The Labute approximate surface area is 138 Å². The third kappa shape index (κ3) is 12.0. The number of rotatable bonds is 2.